The van der Waals surface area contributed by atoms with Gasteiger partial charge in [0.05, 0.1) is 19.3 Å². The number of carbonyl (C=O) groups is 1. The van der Waals surface area contributed by atoms with E-state index >= 15 is 0 Å². The lowest BCUT2D eigenvalue weighted by molar-refractivity contribution is -0.147. The Hall–Kier alpha value is -0.810. The number of hydrogen-bond acceptors (Lipinski definition) is 3. The summed E-state index contributed by atoms with van der Waals surface area (Å²) in [6.07, 6.45) is -0.180. The third-order valence-electron chi connectivity index (χ3n) is 3.46. The van der Waals surface area contributed by atoms with E-state index in [1.165, 1.54) is 0 Å². The van der Waals surface area contributed by atoms with Crippen molar-refractivity contribution in [3.63, 3.8) is 0 Å². The van der Waals surface area contributed by atoms with E-state index in [9.17, 15) is 4.79 Å². The van der Waals surface area contributed by atoms with Gasteiger partial charge >= 0.3 is 5.97 Å². The molecule has 1 saturated heterocycles. The summed E-state index contributed by atoms with van der Waals surface area (Å²) in [6, 6.07) is 7.52. The van der Waals surface area contributed by atoms with Crippen LogP contribution in [-0.4, -0.2) is 41.2 Å². The maximum atomic E-state index is 11.0. The van der Waals surface area contributed by atoms with Crippen molar-refractivity contribution >= 4 is 30.0 Å². The molecule has 1 atom stereocenters. The summed E-state index contributed by atoms with van der Waals surface area (Å²) < 4.78 is 5.85. The van der Waals surface area contributed by atoms with E-state index in [-0.39, 0.29) is 30.6 Å². The zero-order chi connectivity index (χ0) is 14.0. The molecule has 1 fully saturated rings. The van der Waals surface area contributed by atoms with Gasteiger partial charge in [0, 0.05) is 22.7 Å². The van der Waals surface area contributed by atoms with Gasteiger partial charge in [0.1, 0.15) is 0 Å². The van der Waals surface area contributed by atoms with Crippen LogP contribution in [0.5, 0.6) is 0 Å². The lowest BCUT2D eigenvalue weighted by Gasteiger charge is -2.44. The van der Waals surface area contributed by atoms with Gasteiger partial charge in [0.15, 0.2) is 0 Å². The summed E-state index contributed by atoms with van der Waals surface area (Å²) in [7, 11) is 0. The molecule has 0 bridgehead atoms. The number of carboxylic acid groups (broad SMARTS) is 1. The van der Waals surface area contributed by atoms with Crippen molar-refractivity contribution in [2.45, 2.75) is 25.5 Å². The van der Waals surface area contributed by atoms with Crippen molar-refractivity contribution in [3.8, 4) is 0 Å². The SMILES string of the molecule is CC1(C)COC(c2ccccc2Cl)CN1CC(=O)O.Cl. The van der Waals surface area contributed by atoms with E-state index in [2.05, 4.69) is 0 Å². The fourth-order valence-corrected chi connectivity index (χ4v) is 2.52. The number of halogens is 2. The van der Waals surface area contributed by atoms with Crippen LogP contribution >= 0.6 is 24.0 Å². The van der Waals surface area contributed by atoms with Gasteiger partial charge in [-0.05, 0) is 19.9 Å². The van der Waals surface area contributed by atoms with Crippen molar-refractivity contribution in [3.05, 3.63) is 34.9 Å². The number of rotatable bonds is 3. The first-order valence-electron chi connectivity index (χ1n) is 6.23. The van der Waals surface area contributed by atoms with Gasteiger partial charge in [0.25, 0.3) is 0 Å². The highest BCUT2D eigenvalue weighted by Gasteiger charge is 2.37. The normalized spacial score (nSPS) is 22.1. The Kier molecular flexibility index (Phi) is 5.83. The Bertz CT molecular complexity index is 479. The second-order valence-corrected chi connectivity index (χ2v) is 5.82. The Morgan fingerprint density at radius 1 is 1.50 bits per heavy atom. The third kappa shape index (κ3) is 3.85. The van der Waals surface area contributed by atoms with Crippen LogP contribution < -0.4 is 0 Å². The van der Waals surface area contributed by atoms with E-state index in [0.29, 0.717) is 18.2 Å². The van der Waals surface area contributed by atoms with Crippen molar-refractivity contribution in [1.29, 1.82) is 0 Å². The molecular formula is C14H19Cl2NO3. The lowest BCUT2D eigenvalue weighted by Crippen LogP contribution is -2.55. The molecule has 20 heavy (non-hydrogen) atoms. The average molecular weight is 320 g/mol. The maximum Gasteiger partial charge on any atom is 0.317 e. The fraction of sp³-hybridized carbons (Fsp3) is 0.500. The summed E-state index contributed by atoms with van der Waals surface area (Å²) in [5.41, 5.74) is 0.630. The van der Waals surface area contributed by atoms with E-state index in [1.807, 2.05) is 43.0 Å². The van der Waals surface area contributed by atoms with Crippen LogP contribution in [0.1, 0.15) is 25.5 Å². The second kappa shape index (κ2) is 6.76. The molecule has 112 valence electrons. The highest BCUT2D eigenvalue weighted by Crippen LogP contribution is 2.33. The van der Waals surface area contributed by atoms with E-state index in [0.717, 1.165) is 5.56 Å². The van der Waals surface area contributed by atoms with Crippen LogP contribution in [0.15, 0.2) is 24.3 Å². The molecule has 0 aromatic heterocycles. The lowest BCUT2D eigenvalue weighted by atomic mass is 9.98. The number of carboxylic acids is 1. The van der Waals surface area contributed by atoms with E-state index < -0.39 is 5.97 Å². The Morgan fingerprint density at radius 2 is 2.15 bits per heavy atom. The Balaban J connectivity index is 0.00000200. The molecule has 1 aromatic rings. The van der Waals surface area contributed by atoms with Crippen LogP contribution in [0.2, 0.25) is 5.02 Å². The molecule has 0 amide bonds. The summed E-state index contributed by atoms with van der Waals surface area (Å²) in [6.45, 7) is 4.99. The molecule has 0 spiro atoms. The molecule has 0 saturated carbocycles. The van der Waals surface area contributed by atoms with Gasteiger partial charge in [-0.25, -0.2) is 0 Å². The number of aliphatic carboxylic acids is 1. The number of benzene rings is 1. The second-order valence-electron chi connectivity index (χ2n) is 5.41. The first-order valence-corrected chi connectivity index (χ1v) is 6.61. The first-order chi connectivity index (χ1) is 8.90. The molecule has 1 aliphatic rings. The van der Waals surface area contributed by atoms with Gasteiger partial charge < -0.3 is 9.84 Å². The summed E-state index contributed by atoms with van der Waals surface area (Å²) in [5, 5.41) is 9.66. The standard InChI is InChI=1S/C14H18ClNO3.ClH/c1-14(2)9-19-12(7-16(14)8-13(17)18)10-5-3-4-6-11(10)15;/h3-6,12H,7-9H2,1-2H3,(H,17,18);1H. The predicted octanol–water partition coefficient (Wildman–Crippen LogP) is 3.00. The molecule has 1 heterocycles. The van der Waals surface area contributed by atoms with Crippen LogP contribution in [0, 0.1) is 0 Å². The maximum absolute atomic E-state index is 11.0. The molecule has 1 N–H and O–H groups in total. The van der Waals surface area contributed by atoms with Gasteiger partial charge in [-0.1, -0.05) is 29.8 Å². The highest BCUT2D eigenvalue weighted by atomic mass is 35.5. The van der Waals surface area contributed by atoms with Gasteiger partial charge in [-0.2, -0.15) is 0 Å². The van der Waals surface area contributed by atoms with Crippen LogP contribution in [0.25, 0.3) is 0 Å². The minimum Gasteiger partial charge on any atom is -0.480 e. The predicted molar refractivity (Wildman–Crippen MR) is 80.7 cm³/mol. The molecule has 0 radical (unpaired) electrons. The number of morpholine rings is 1. The molecule has 4 nitrogen and oxygen atoms in total. The van der Waals surface area contributed by atoms with Crippen molar-refractivity contribution < 1.29 is 14.6 Å². The Morgan fingerprint density at radius 3 is 2.75 bits per heavy atom. The van der Waals surface area contributed by atoms with Crippen LogP contribution in [0.3, 0.4) is 0 Å². The molecule has 2 rings (SSSR count). The van der Waals surface area contributed by atoms with Crippen LogP contribution in [-0.2, 0) is 9.53 Å². The smallest absolute Gasteiger partial charge is 0.317 e. The van der Waals surface area contributed by atoms with Crippen molar-refractivity contribution in [2.24, 2.45) is 0 Å². The molecular weight excluding hydrogens is 301 g/mol. The third-order valence-corrected chi connectivity index (χ3v) is 3.80. The first kappa shape index (κ1) is 17.2. The van der Waals surface area contributed by atoms with Crippen molar-refractivity contribution in [2.75, 3.05) is 19.7 Å². The Labute approximate surface area is 130 Å². The molecule has 1 aliphatic heterocycles. The monoisotopic (exact) mass is 319 g/mol. The molecule has 0 aliphatic carbocycles. The van der Waals surface area contributed by atoms with Gasteiger partial charge in [0.2, 0.25) is 0 Å². The molecule has 6 heteroatoms. The molecule has 1 unspecified atom stereocenters. The van der Waals surface area contributed by atoms with Crippen LogP contribution in [0.4, 0.5) is 0 Å². The summed E-state index contributed by atoms with van der Waals surface area (Å²) in [4.78, 5) is 12.9. The number of nitrogens with zero attached hydrogens (tertiary/aromatic N) is 1. The summed E-state index contributed by atoms with van der Waals surface area (Å²) in [5.74, 6) is -0.826. The minimum absolute atomic E-state index is 0. The minimum atomic E-state index is -0.826. The average Bonchev–Trinajstić information content (AvgIpc) is 2.32. The van der Waals surface area contributed by atoms with Crippen molar-refractivity contribution in [1.82, 2.24) is 4.90 Å². The summed E-state index contributed by atoms with van der Waals surface area (Å²) >= 11 is 6.17. The zero-order valence-electron chi connectivity index (χ0n) is 11.5. The number of hydrogen-bond donors (Lipinski definition) is 1. The highest BCUT2D eigenvalue weighted by molar-refractivity contribution is 6.31. The fourth-order valence-electron chi connectivity index (χ4n) is 2.26. The van der Waals surface area contributed by atoms with Gasteiger partial charge in [-0.15, -0.1) is 12.4 Å². The number of ether oxygens (including phenoxy) is 1. The largest absolute Gasteiger partial charge is 0.480 e. The van der Waals surface area contributed by atoms with E-state index in [4.69, 9.17) is 21.4 Å². The topological polar surface area (TPSA) is 49.8 Å². The quantitative estimate of drug-likeness (QED) is 0.930. The van der Waals surface area contributed by atoms with E-state index in [1.54, 1.807) is 0 Å². The molecule has 1 aromatic carbocycles. The zero-order valence-corrected chi connectivity index (χ0v) is 13.1. The van der Waals surface area contributed by atoms with Gasteiger partial charge in [-0.3, -0.25) is 9.69 Å².